The van der Waals surface area contributed by atoms with Crippen molar-refractivity contribution in [2.75, 3.05) is 19.8 Å². The molecular weight excluding hydrogens is 235 g/mol. The molecule has 5 heteroatoms. The van der Waals surface area contributed by atoms with E-state index in [9.17, 15) is 9.18 Å². The first-order valence-electron chi connectivity index (χ1n) is 5.99. The fourth-order valence-corrected chi connectivity index (χ4v) is 1.91. The lowest BCUT2D eigenvalue weighted by atomic mass is 9.99. The number of rotatable bonds is 4. The monoisotopic (exact) mass is 252 g/mol. The van der Waals surface area contributed by atoms with Gasteiger partial charge in [0.1, 0.15) is 11.4 Å². The molecule has 1 amide bonds. The fraction of sp³-hybridized carbons (Fsp3) is 0.462. The number of hydrogen-bond donors (Lipinski definition) is 2. The van der Waals surface area contributed by atoms with Gasteiger partial charge in [-0.3, -0.25) is 4.79 Å². The number of amides is 1. The van der Waals surface area contributed by atoms with E-state index in [1.54, 1.807) is 12.1 Å². The molecule has 18 heavy (non-hydrogen) atoms. The zero-order chi connectivity index (χ0) is 13.0. The van der Waals surface area contributed by atoms with E-state index < -0.39 is 5.54 Å². The van der Waals surface area contributed by atoms with Crippen LogP contribution in [-0.4, -0.2) is 31.2 Å². The van der Waals surface area contributed by atoms with Crippen LogP contribution in [0.1, 0.15) is 12.0 Å². The van der Waals surface area contributed by atoms with E-state index in [0.717, 1.165) is 5.56 Å². The molecule has 2 rings (SSSR count). The second-order valence-electron chi connectivity index (χ2n) is 4.59. The van der Waals surface area contributed by atoms with Crippen molar-refractivity contribution >= 4 is 5.91 Å². The van der Waals surface area contributed by atoms with Gasteiger partial charge in [-0.1, -0.05) is 12.1 Å². The van der Waals surface area contributed by atoms with Crippen molar-refractivity contribution in [2.45, 2.75) is 18.4 Å². The summed E-state index contributed by atoms with van der Waals surface area (Å²) >= 11 is 0. The summed E-state index contributed by atoms with van der Waals surface area (Å²) in [6.45, 7) is 1.29. The molecule has 3 N–H and O–H groups in total. The third-order valence-electron chi connectivity index (χ3n) is 3.12. The van der Waals surface area contributed by atoms with E-state index in [1.807, 2.05) is 0 Å². The highest BCUT2D eigenvalue weighted by Crippen LogP contribution is 2.15. The molecule has 1 saturated heterocycles. The first-order valence-corrected chi connectivity index (χ1v) is 5.99. The number of carbonyl (C=O) groups is 1. The topological polar surface area (TPSA) is 64.4 Å². The first-order chi connectivity index (χ1) is 8.60. The van der Waals surface area contributed by atoms with Crippen molar-refractivity contribution in [3.05, 3.63) is 35.6 Å². The van der Waals surface area contributed by atoms with E-state index in [-0.39, 0.29) is 18.3 Å². The minimum absolute atomic E-state index is 0.179. The van der Waals surface area contributed by atoms with Gasteiger partial charge in [-0.25, -0.2) is 4.39 Å². The van der Waals surface area contributed by atoms with Gasteiger partial charge in [-0.2, -0.15) is 0 Å². The standard InChI is InChI=1S/C13H17FN2O2/c14-11-3-1-10(2-4-11)5-7-16-12(17)13(15)6-8-18-9-13/h1-4H,5-9,15H2,(H,16,17). The number of benzene rings is 1. The maximum Gasteiger partial charge on any atom is 0.242 e. The van der Waals surface area contributed by atoms with Crippen LogP contribution in [0.5, 0.6) is 0 Å². The molecule has 1 heterocycles. The summed E-state index contributed by atoms with van der Waals surface area (Å²) in [5.41, 5.74) is 6.01. The van der Waals surface area contributed by atoms with Crippen LogP contribution in [0.3, 0.4) is 0 Å². The van der Waals surface area contributed by atoms with Crippen molar-refractivity contribution in [2.24, 2.45) is 5.73 Å². The summed E-state index contributed by atoms with van der Waals surface area (Å²) in [5.74, 6) is -0.436. The Labute approximate surface area is 105 Å². The van der Waals surface area contributed by atoms with Gasteiger partial charge in [0.05, 0.1) is 6.61 Å². The Morgan fingerprint density at radius 1 is 1.44 bits per heavy atom. The Morgan fingerprint density at radius 2 is 2.17 bits per heavy atom. The van der Waals surface area contributed by atoms with Crippen LogP contribution in [0.15, 0.2) is 24.3 Å². The van der Waals surface area contributed by atoms with Crippen molar-refractivity contribution in [1.82, 2.24) is 5.32 Å². The molecule has 0 saturated carbocycles. The lowest BCUT2D eigenvalue weighted by Gasteiger charge is -2.20. The lowest BCUT2D eigenvalue weighted by Crippen LogP contribution is -2.54. The number of nitrogens with one attached hydrogen (secondary N) is 1. The Bertz CT molecular complexity index is 414. The molecule has 1 aromatic rings. The van der Waals surface area contributed by atoms with Gasteiger partial charge in [-0.15, -0.1) is 0 Å². The van der Waals surface area contributed by atoms with Gasteiger partial charge in [-0.05, 0) is 30.5 Å². The second kappa shape index (κ2) is 5.46. The summed E-state index contributed by atoms with van der Waals surface area (Å²) < 4.78 is 17.8. The van der Waals surface area contributed by atoms with Crippen molar-refractivity contribution < 1.29 is 13.9 Å². The maximum absolute atomic E-state index is 12.7. The molecule has 0 bridgehead atoms. The van der Waals surface area contributed by atoms with Gasteiger partial charge >= 0.3 is 0 Å². The van der Waals surface area contributed by atoms with Crippen molar-refractivity contribution in [1.29, 1.82) is 0 Å². The smallest absolute Gasteiger partial charge is 0.242 e. The minimum atomic E-state index is -0.886. The normalized spacial score (nSPS) is 23.0. The fourth-order valence-electron chi connectivity index (χ4n) is 1.91. The van der Waals surface area contributed by atoms with Gasteiger partial charge in [0.25, 0.3) is 0 Å². The molecule has 1 aromatic carbocycles. The van der Waals surface area contributed by atoms with E-state index in [4.69, 9.17) is 10.5 Å². The van der Waals surface area contributed by atoms with E-state index >= 15 is 0 Å². The Kier molecular flexibility index (Phi) is 3.93. The van der Waals surface area contributed by atoms with Crippen LogP contribution in [-0.2, 0) is 16.0 Å². The minimum Gasteiger partial charge on any atom is -0.379 e. The van der Waals surface area contributed by atoms with Crippen LogP contribution >= 0.6 is 0 Å². The molecule has 1 fully saturated rings. The molecule has 98 valence electrons. The predicted octanol–water partition coefficient (Wildman–Crippen LogP) is 0.602. The third kappa shape index (κ3) is 3.05. The number of ether oxygens (including phenoxy) is 1. The SMILES string of the molecule is NC1(C(=O)NCCc2ccc(F)cc2)CCOC1. The van der Waals surface area contributed by atoms with Gasteiger partial charge in [0.15, 0.2) is 0 Å². The summed E-state index contributed by atoms with van der Waals surface area (Å²) in [6.07, 6.45) is 1.21. The van der Waals surface area contributed by atoms with Crippen LogP contribution < -0.4 is 11.1 Å². The van der Waals surface area contributed by atoms with E-state index in [2.05, 4.69) is 5.32 Å². The zero-order valence-corrected chi connectivity index (χ0v) is 10.1. The van der Waals surface area contributed by atoms with Crippen LogP contribution in [0.2, 0.25) is 0 Å². The van der Waals surface area contributed by atoms with Crippen LogP contribution in [0.4, 0.5) is 4.39 Å². The highest BCUT2D eigenvalue weighted by molar-refractivity contribution is 5.86. The number of nitrogens with two attached hydrogens (primary N) is 1. The van der Waals surface area contributed by atoms with Gasteiger partial charge < -0.3 is 15.8 Å². The summed E-state index contributed by atoms with van der Waals surface area (Å²) in [4.78, 5) is 11.8. The van der Waals surface area contributed by atoms with E-state index in [1.165, 1.54) is 12.1 Å². The molecule has 1 aliphatic rings. The number of hydrogen-bond acceptors (Lipinski definition) is 3. The number of carbonyl (C=O) groups excluding carboxylic acids is 1. The molecule has 0 radical (unpaired) electrons. The number of halogens is 1. The van der Waals surface area contributed by atoms with Crippen molar-refractivity contribution in [3.63, 3.8) is 0 Å². The lowest BCUT2D eigenvalue weighted by molar-refractivity contribution is -0.126. The van der Waals surface area contributed by atoms with E-state index in [0.29, 0.717) is 26.0 Å². The Balaban J connectivity index is 1.78. The highest BCUT2D eigenvalue weighted by atomic mass is 19.1. The van der Waals surface area contributed by atoms with Gasteiger partial charge in [0, 0.05) is 13.2 Å². The molecular formula is C13H17FN2O2. The zero-order valence-electron chi connectivity index (χ0n) is 10.1. The Hall–Kier alpha value is -1.46. The summed E-state index contributed by atoms with van der Waals surface area (Å²) in [6, 6.07) is 6.23. The first kappa shape index (κ1) is 13.0. The molecule has 0 aliphatic carbocycles. The predicted molar refractivity (Wildman–Crippen MR) is 65.5 cm³/mol. The molecule has 0 spiro atoms. The summed E-state index contributed by atoms with van der Waals surface area (Å²) in [7, 11) is 0. The Morgan fingerprint density at radius 3 is 2.78 bits per heavy atom. The molecule has 4 nitrogen and oxygen atoms in total. The van der Waals surface area contributed by atoms with Gasteiger partial charge in [0.2, 0.25) is 5.91 Å². The average molecular weight is 252 g/mol. The molecule has 0 aromatic heterocycles. The van der Waals surface area contributed by atoms with Crippen molar-refractivity contribution in [3.8, 4) is 0 Å². The molecule has 1 aliphatic heterocycles. The highest BCUT2D eigenvalue weighted by Gasteiger charge is 2.37. The average Bonchev–Trinajstić information content (AvgIpc) is 2.80. The molecule has 1 atom stereocenters. The molecule has 1 unspecified atom stereocenters. The quantitative estimate of drug-likeness (QED) is 0.825. The summed E-state index contributed by atoms with van der Waals surface area (Å²) in [5, 5.41) is 2.79. The van der Waals surface area contributed by atoms with Crippen LogP contribution in [0, 0.1) is 5.82 Å². The third-order valence-corrected chi connectivity index (χ3v) is 3.12. The second-order valence-corrected chi connectivity index (χ2v) is 4.59. The van der Waals surface area contributed by atoms with Crippen LogP contribution in [0.25, 0.3) is 0 Å². The maximum atomic E-state index is 12.7. The largest absolute Gasteiger partial charge is 0.379 e.